The van der Waals surface area contributed by atoms with E-state index in [4.69, 9.17) is 33.9 Å². The Balaban J connectivity index is 2.23. The first kappa shape index (κ1) is 73.2. The minimum absolute atomic E-state index is 0.152. The number of hydrogen-bond acceptors (Lipinski definition) is 16. The van der Waals surface area contributed by atoms with Gasteiger partial charge in [0.1, 0.15) is 54.8 Å². The van der Waals surface area contributed by atoms with E-state index in [2.05, 4.69) is 31.4 Å². The molecule has 2 aliphatic heterocycles. The van der Waals surface area contributed by atoms with Crippen LogP contribution in [-0.4, -0.2) is 153 Å². The van der Waals surface area contributed by atoms with Crippen molar-refractivity contribution in [1.82, 2.24) is 10.6 Å². The lowest BCUT2D eigenvalue weighted by molar-refractivity contribution is -0.302. The molecule has 2 aliphatic rings. The molecule has 2 fully saturated rings. The third-order valence-corrected chi connectivity index (χ3v) is 15.7. The Bertz CT molecular complexity index is 1580. The molecule has 0 spiro atoms. The van der Waals surface area contributed by atoms with Crippen LogP contribution in [0.2, 0.25) is 0 Å². The minimum atomic E-state index is -5.31. The van der Waals surface area contributed by atoms with Crippen molar-refractivity contribution in [3.8, 4) is 0 Å². The summed E-state index contributed by atoms with van der Waals surface area (Å²) in [5, 5.41) is 61.1. The van der Waals surface area contributed by atoms with E-state index in [0.29, 0.717) is 38.6 Å². The Kier molecular flexibility index (Phi) is 42.2. The zero-order chi connectivity index (χ0) is 58.1. The van der Waals surface area contributed by atoms with Gasteiger partial charge in [0.2, 0.25) is 11.8 Å². The maximum atomic E-state index is 14.0. The number of amides is 2. The molecule has 466 valence electrons. The first-order chi connectivity index (χ1) is 38.1. The molecule has 2 rings (SSSR count). The van der Waals surface area contributed by atoms with E-state index >= 15 is 0 Å². The number of unbranched alkanes of at least 4 members (excludes halogenated alkanes) is 27. The summed E-state index contributed by atoms with van der Waals surface area (Å²) in [5.74, 6) is -1.72. The van der Waals surface area contributed by atoms with E-state index in [-0.39, 0.29) is 25.9 Å². The molecule has 0 radical (unpaired) electrons. The number of phosphoric acid groups is 1. The number of esters is 1. The number of phosphoric ester groups is 1. The van der Waals surface area contributed by atoms with Crippen LogP contribution >= 0.6 is 7.82 Å². The Morgan fingerprint density at radius 3 is 1.52 bits per heavy atom. The van der Waals surface area contributed by atoms with Crippen LogP contribution < -0.4 is 16.4 Å². The molecule has 2 heterocycles. The summed E-state index contributed by atoms with van der Waals surface area (Å²) in [6.45, 7) is 5.76. The van der Waals surface area contributed by atoms with Crippen molar-refractivity contribution in [2.45, 2.75) is 325 Å². The quantitative estimate of drug-likeness (QED) is 0.0155. The predicted molar refractivity (Wildman–Crippen MR) is 303 cm³/mol. The fraction of sp³-hybridized carbons (Fsp3) is 0.948. The van der Waals surface area contributed by atoms with Crippen LogP contribution in [0.1, 0.15) is 252 Å². The Labute approximate surface area is 474 Å². The molecule has 0 bridgehead atoms. The maximum absolute atomic E-state index is 14.0. The second-order valence-corrected chi connectivity index (χ2v) is 23.6. The number of carbonyl (C=O) groups excluding carboxylic acids is 3. The first-order valence-corrected chi connectivity index (χ1v) is 32.7. The van der Waals surface area contributed by atoms with Gasteiger partial charge < -0.3 is 75.4 Å². The van der Waals surface area contributed by atoms with Gasteiger partial charge in [-0.15, -0.1) is 0 Å². The summed E-state index contributed by atoms with van der Waals surface area (Å²) in [6.07, 6.45) is 17.8. The number of aliphatic hydroxyl groups is 5. The highest BCUT2D eigenvalue weighted by Crippen LogP contribution is 2.41. The molecular formula is C58H112N3O17P. The second kappa shape index (κ2) is 45.5. The highest BCUT2D eigenvalue weighted by atomic mass is 31.2. The van der Waals surface area contributed by atoms with Gasteiger partial charge in [-0.1, -0.05) is 194 Å². The summed E-state index contributed by atoms with van der Waals surface area (Å²) >= 11 is 0. The lowest BCUT2D eigenvalue weighted by Crippen LogP contribution is -2.67. The number of aliphatic hydroxyl groups excluding tert-OH is 5. The average molecular weight is 1150 g/mol. The zero-order valence-electron chi connectivity index (χ0n) is 49.0. The molecule has 79 heavy (non-hydrogen) atoms. The van der Waals surface area contributed by atoms with Crippen LogP contribution in [0.3, 0.4) is 0 Å². The van der Waals surface area contributed by atoms with Crippen molar-refractivity contribution in [2.24, 2.45) is 5.73 Å². The maximum Gasteiger partial charge on any atom is 0.470 e. The molecule has 0 aromatic rings. The van der Waals surface area contributed by atoms with Gasteiger partial charge in [-0.05, 0) is 45.1 Å². The molecule has 0 aromatic heterocycles. The number of nitrogens with one attached hydrogen (secondary N) is 2. The Morgan fingerprint density at radius 2 is 1.00 bits per heavy atom. The van der Waals surface area contributed by atoms with Gasteiger partial charge in [0.15, 0.2) is 12.6 Å². The first-order valence-electron chi connectivity index (χ1n) is 31.2. The zero-order valence-corrected chi connectivity index (χ0v) is 49.8. The third-order valence-electron chi connectivity index (χ3n) is 15.2. The highest BCUT2D eigenvalue weighted by Gasteiger charge is 2.51. The van der Waals surface area contributed by atoms with Gasteiger partial charge in [-0.2, -0.15) is 0 Å². The number of nitrogens with two attached hydrogens (primary N) is 1. The van der Waals surface area contributed by atoms with Crippen molar-refractivity contribution in [1.29, 1.82) is 0 Å². The number of rotatable bonds is 50. The monoisotopic (exact) mass is 1150 g/mol. The standard InChI is InChI=1S/C58H112N3O17P/c1-4-7-10-13-16-19-22-25-30-35-44(63)40-48(64)60-51-54(68)53(67)47(77-57(51)73-39-34-29-28-33-38-59)43-74-58-52(55(69)56(46(42-62)76-58)78-79(70,71)72)61-49(65)41-45(36-31-26-23-20-17-14-11-8-5-2)75-50(66)37-32-27-24-21-18-15-12-9-6-3/h44-47,51-58,62-63,67-69H,4-43,59H2,1-3H3,(H,60,64)(H,61,65)(H2,70,71,72)/t44-,45-,46?,47?,51?,52?,53?,54?,55?,56?,57?,58?/m1/s1. The van der Waals surface area contributed by atoms with E-state index in [1.165, 1.54) is 89.9 Å². The molecule has 2 amide bonds. The Hall–Kier alpha value is -1.88. The summed E-state index contributed by atoms with van der Waals surface area (Å²) in [4.78, 5) is 60.2. The van der Waals surface area contributed by atoms with Gasteiger partial charge in [-0.3, -0.25) is 18.9 Å². The lowest BCUT2D eigenvalue weighted by atomic mass is 9.95. The fourth-order valence-electron chi connectivity index (χ4n) is 10.4. The van der Waals surface area contributed by atoms with Crippen LogP contribution in [0.25, 0.3) is 0 Å². The van der Waals surface area contributed by atoms with E-state index in [1.807, 2.05) is 0 Å². The predicted octanol–water partition coefficient (Wildman–Crippen LogP) is 8.33. The molecule has 2 saturated heterocycles. The van der Waals surface area contributed by atoms with Crippen LogP contribution in [0.4, 0.5) is 0 Å². The van der Waals surface area contributed by atoms with Crippen molar-refractivity contribution < 1.29 is 82.5 Å². The number of ether oxygens (including phenoxy) is 5. The topological polar surface area (TPSA) is 315 Å². The third kappa shape index (κ3) is 33.9. The Morgan fingerprint density at radius 1 is 0.557 bits per heavy atom. The van der Waals surface area contributed by atoms with Gasteiger partial charge in [0.05, 0.1) is 32.2 Å². The van der Waals surface area contributed by atoms with Crippen LogP contribution in [0, 0.1) is 0 Å². The number of hydrogen-bond donors (Lipinski definition) is 10. The SMILES string of the molecule is CCCCCCCCCCCC(=O)O[C@H](CCCCCCCCCCC)CC(=O)NC1C(OCC2OC(OCCCCCCN)C(NC(=O)C[C@H](O)CCCCCCCCCCC)C(O)C2O)OC(CO)C(OP(=O)(O)O)C1O. The highest BCUT2D eigenvalue weighted by molar-refractivity contribution is 7.46. The van der Waals surface area contributed by atoms with E-state index in [0.717, 1.165) is 89.9 Å². The molecule has 11 N–H and O–H groups in total. The molecule has 0 saturated carbocycles. The minimum Gasteiger partial charge on any atom is -0.462 e. The summed E-state index contributed by atoms with van der Waals surface area (Å²) in [5.41, 5.74) is 5.66. The smallest absolute Gasteiger partial charge is 0.462 e. The lowest BCUT2D eigenvalue weighted by Gasteiger charge is -2.45. The van der Waals surface area contributed by atoms with Crippen molar-refractivity contribution >= 4 is 25.6 Å². The van der Waals surface area contributed by atoms with Crippen LogP contribution in [0.5, 0.6) is 0 Å². The van der Waals surface area contributed by atoms with Gasteiger partial charge >= 0.3 is 13.8 Å². The van der Waals surface area contributed by atoms with Crippen molar-refractivity contribution in [3.05, 3.63) is 0 Å². The molecule has 10 unspecified atom stereocenters. The molecule has 20 nitrogen and oxygen atoms in total. The van der Waals surface area contributed by atoms with Gasteiger partial charge in [-0.25, -0.2) is 4.57 Å². The summed E-state index contributed by atoms with van der Waals surface area (Å²) < 4.78 is 47.2. The van der Waals surface area contributed by atoms with E-state index < -0.39 is 112 Å². The summed E-state index contributed by atoms with van der Waals surface area (Å²) in [7, 11) is -5.31. The largest absolute Gasteiger partial charge is 0.470 e. The van der Waals surface area contributed by atoms with E-state index in [1.54, 1.807) is 0 Å². The fourth-order valence-corrected chi connectivity index (χ4v) is 11.0. The molecule has 0 aliphatic carbocycles. The molecule has 21 heteroatoms. The van der Waals surface area contributed by atoms with Crippen molar-refractivity contribution in [3.63, 3.8) is 0 Å². The van der Waals surface area contributed by atoms with Gasteiger partial charge in [0, 0.05) is 13.0 Å². The van der Waals surface area contributed by atoms with E-state index in [9.17, 15) is 54.3 Å². The van der Waals surface area contributed by atoms with Gasteiger partial charge in [0.25, 0.3) is 0 Å². The molecular weight excluding hydrogens is 1040 g/mol. The van der Waals surface area contributed by atoms with Crippen LogP contribution in [-0.2, 0) is 47.2 Å². The summed E-state index contributed by atoms with van der Waals surface area (Å²) in [6, 6.07) is -2.88. The molecule has 12 atom stereocenters. The second-order valence-electron chi connectivity index (χ2n) is 22.4. The van der Waals surface area contributed by atoms with Crippen molar-refractivity contribution in [2.75, 3.05) is 26.4 Å². The average Bonchev–Trinajstić information content (AvgIpc) is 3.46. The molecule has 0 aromatic carbocycles. The normalized spacial score (nSPS) is 24.3. The van der Waals surface area contributed by atoms with Crippen LogP contribution in [0.15, 0.2) is 0 Å². The number of carbonyl (C=O) groups is 3.